The molecule has 1 amide bonds. The SMILES string of the molecule is Cc1cnn(-c2ccccc2)c1NC(=O)C1CC(c2ccncc2)=NO1. The van der Waals surface area contributed by atoms with Crippen molar-refractivity contribution >= 4 is 17.4 Å². The largest absolute Gasteiger partial charge is 0.382 e. The monoisotopic (exact) mass is 347 g/mol. The Morgan fingerprint density at radius 3 is 2.73 bits per heavy atom. The van der Waals surface area contributed by atoms with Crippen LogP contribution >= 0.6 is 0 Å². The van der Waals surface area contributed by atoms with E-state index < -0.39 is 6.10 Å². The Morgan fingerprint density at radius 2 is 1.96 bits per heavy atom. The van der Waals surface area contributed by atoms with Crippen LogP contribution in [0.2, 0.25) is 0 Å². The number of para-hydroxylation sites is 1. The van der Waals surface area contributed by atoms with Crippen molar-refractivity contribution in [1.82, 2.24) is 14.8 Å². The molecule has 0 aliphatic carbocycles. The lowest BCUT2D eigenvalue weighted by atomic mass is 10.1. The molecule has 0 spiro atoms. The maximum absolute atomic E-state index is 12.7. The molecule has 1 N–H and O–H groups in total. The van der Waals surface area contributed by atoms with E-state index in [1.165, 1.54) is 0 Å². The number of rotatable bonds is 4. The maximum atomic E-state index is 12.7. The van der Waals surface area contributed by atoms with E-state index >= 15 is 0 Å². The van der Waals surface area contributed by atoms with Gasteiger partial charge in [-0.15, -0.1) is 0 Å². The van der Waals surface area contributed by atoms with E-state index in [0.29, 0.717) is 12.2 Å². The number of aromatic nitrogens is 3. The first kappa shape index (κ1) is 16.0. The number of benzene rings is 1. The van der Waals surface area contributed by atoms with Crippen LogP contribution < -0.4 is 5.32 Å². The molecule has 2 aromatic heterocycles. The van der Waals surface area contributed by atoms with Gasteiger partial charge in [-0.05, 0) is 31.2 Å². The van der Waals surface area contributed by atoms with Gasteiger partial charge in [0.05, 0.1) is 17.6 Å². The van der Waals surface area contributed by atoms with Crippen molar-refractivity contribution in [2.75, 3.05) is 5.32 Å². The van der Waals surface area contributed by atoms with E-state index in [4.69, 9.17) is 4.84 Å². The number of carbonyl (C=O) groups is 1. The van der Waals surface area contributed by atoms with E-state index in [1.54, 1.807) is 23.3 Å². The molecule has 1 aromatic carbocycles. The van der Waals surface area contributed by atoms with Gasteiger partial charge >= 0.3 is 0 Å². The topological polar surface area (TPSA) is 81.4 Å². The number of hydrogen-bond acceptors (Lipinski definition) is 5. The Labute approximate surface area is 150 Å². The minimum Gasteiger partial charge on any atom is -0.382 e. The lowest BCUT2D eigenvalue weighted by Crippen LogP contribution is -2.29. The summed E-state index contributed by atoms with van der Waals surface area (Å²) in [6.07, 6.45) is 4.84. The van der Waals surface area contributed by atoms with Crippen molar-refractivity contribution in [3.05, 3.63) is 72.2 Å². The highest BCUT2D eigenvalue weighted by atomic mass is 16.6. The molecule has 4 rings (SSSR count). The predicted molar refractivity (Wildman–Crippen MR) is 97.2 cm³/mol. The van der Waals surface area contributed by atoms with Crippen LogP contribution in [-0.4, -0.2) is 32.5 Å². The normalized spacial score (nSPS) is 16.0. The molecular formula is C19H17N5O2. The molecule has 1 aliphatic heterocycles. The molecule has 26 heavy (non-hydrogen) atoms. The van der Waals surface area contributed by atoms with E-state index in [1.807, 2.05) is 49.4 Å². The lowest BCUT2D eigenvalue weighted by Gasteiger charge is -2.12. The Balaban J connectivity index is 1.49. The molecule has 1 unspecified atom stereocenters. The molecule has 3 heterocycles. The van der Waals surface area contributed by atoms with Gasteiger partial charge in [-0.2, -0.15) is 5.10 Å². The average molecular weight is 347 g/mol. The van der Waals surface area contributed by atoms with E-state index in [2.05, 4.69) is 20.6 Å². The first-order valence-electron chi connectivity index (χ1n) is 8.26. The fourth-order valence-electron chi connectivity index (χ4n) is 2.78. The van der Waals surface area contributed by atoms with Gasteiger partial charge in [-0.1, -0.05) is 23.4 Å². The first-order chi connectivity index (χ1) is 12.7. The number of nitrogens with zero attached hydrogens (tertiary/aromatic N) is 4. The average Bonchev–Trinajstić information content (AvgIpc) is 3.31. The molecule has 0 bridgehead atoms. The minimum atomic E-state index is -0.670. The summed E-state index contributed by atoms with van der Waals surface area (Å²) >= 11 is 0. The van der Waals surface area contributed by atoms with Gasteiger partial charge in [0, 0.05) is 29.9 Å². The first-order valence-corrected chi connectivity index (χ1v) is 8.26. The molecule has 0 radical (unpaired) electrons. The maximum Gasteiger partial charge on any atom is 0.269 e. The van der Waals surface area contributed by atoms with Crippen LogP contribution in [0.1, 0.15) is 17.5 Å². The number of amides is 1. The number of pyridine rings is 1. The zero-order chi connectivity index (χ0) is 17.9. The Kier molecular flexibility index (Phi) is 4.18. The van der Waals surface area contributed by atoms with Crippen molar-refractivity contribution < 1.29 is 9.63 Å². The number of nitrogens with one attached hydrogen (secondary N) is 1. The lowest BCUT2D eigenvalue weighted by molar-refractivity contribution is -0.125. The highest BCUT2D eigenvalue weighted by Gasteiger charge is 2.30. The fourth-order valence-corrected chi connectivity index (χ4v) is 2.78. The van der Waals surface area contributed by atoms with Crippen LogP contribution in [0.25, 0.3) is 5.69 Å². The molecule has 0 saturated heterocycles. The zero-order valence-corrected chi connectivity index (χ0v) is 14.2. The Morgan fingerprint density at radius 1 is 1.19 bits per heavy atom. The van der Waals surface area contributed by atoms with Crippen molar-refractivity contribution in [3.63, 3.8) is 0 Å². The summed E-state index contributed by atoms with van der Waals surface area (Å²) < 4.78 is 1.70. The third-order valence-electron chi connectivity index (χ3n) is 4.17. The van der Waals surface area contributed by atoms with Gasteiger partial charge in [-0.3, -0.25) is 9.78 Å². The summed E-state index contributed by atoms with van der Waals surface area (Å²) in [7, 11) is 0. The van der Waals surface area contributed by atoms with Crippen molar-refractivity contribution in [3.8, 4) is 5.69 Å². The zero-order valence-electron chi connectivity index (χ0n) is 14.2. The smallest absolute Gasteiger partial charge is 0.269 e. The third-order valence-corrected chi connectivity index (χ3v) is 4.17. The number of aryl methyl sites for hydroxylation is 1. The second kappa shape index (κ2) is 6.79. The Hall–Kier alpha value is -3.48. The Bertz CT molecular complexity index is 951. The standard InChI is InChI=1S/C19H17N5O2/c1-13-12-21-24(15-5-3-2-4-6-15)18(13)22-19(25)17-11-16(23-26-17)14-7-9-20-10-8-14/h2-10,12,17H,11H2,1H3,(H,22,25). The van der Waals surface area contributed by atoms with E-state index in [0.717, 1.165) is 22.5 Å². The van der Waals surface area contributed by atoms with Crippen LogP contribution in [-0.2, 0) is 9.63 Å². The summed E-state index contributed by atoms with van der Waals surface area (Å²) in [6.45, 7) is 1.90. The molecule has 130 valence electrons. The minimum absolute atomic E-state index is 0.251. The predicted octanol–water partition coefficient (Wildman–Crippen LogP) is 2.71. The van der Waals surface area contributed by atoms with Crippen LogP contribution in [0.15, 0.2) is 66.2 Å². The van der Waals surface area contributed by atoms with Crippen LogP contribution in [0.5, 0.6) is 0 Å². The highest BCUT2D eigenvalue weighted by molar-refractivity contribution is 6.06. The molecular weight excluding hydrogens is 330 g/mol. The van der Waals surface area contributed by atoms with E-state index in [9.17, 15) is 4.79 Å². The van der Waals surface area contributed by atoms with Crippen molar-refractivity contribution in [2.24, 2.45) is 5.16 Å². The molecule has 1 aliphatic rings. The van der Waals surface area contributed by atoms with Crippen LogP contribution in [0, 0.1) is 6.92 Å². The molecule has 3 aromatic rings. The van der Waals surface area contributed by atoms with Crippen LogP contribution in [0.3, 0.4) is 0 Å². The number of anilines is 1. The summed E-state index contributed by atoms with van der Waals surface area (Å²) in [4.78, 5) is 22.0. The van der Waals surface area contributed by atoms with Crippen molar-refractivity contribution in [1.29, 1.82) is 0 Å². The number of carbonyl (C=O) groups excluding carboxylic acids is 1. The fraction of sp³-hybridized carbons (Fsp3) is 0.158. The second-order valence-electron chi connectivity index (χ2n) is 5.98. The van der Waals surface area contributed by atoms with Gasteiger partial charge in [0.1, 0.15) is 5.82 Å². The van der Waals surface area contributed by atoms with Gasteiger partial charge in [0.2, 0.25) is 6.10 Å². The number of hydrogen-bond donors (Lipinski definition) is 1. The highest BCUT2D eigenvalue weighted by Crippen LogP contribution is 2.22. The molecule has 7 nitrogen and oxygen atoms in total. The van der Waals surface area contributed by atoms with E-state index in [-0.39, 0.29) is 5.91 Å². The quantitative estimate of drug-likeness (QED) is 0.787. The molecule has 7 heteroatoms. The van der Waals surface area contributed by atoms with Gasteiger partial charge in [0.15, 0.2) is 0 Å². The molecule has 1 atom stereocenters. The summed E-state index contributed by atoms with van der Waals surface area (Å²) in [6, 6.07) is 13.3. The summed E-state index contributed by atoms with van der Waals surface area (Å²) in [5.74, 6) is 0.376. The van der Waals surface area contributed by atoms with Gasteiger partial charge in [0.25, 0.3) is 5.91 Å². The van der Waals surface area contributed by atoms with Crippen molar-refractivity contribution in [2.45, 2.75) is 19.4 Å². The van der Waals surface area contributed by atoms with Crippen LogP contribution in [0.4, 0.5) is 5.82 Å². The van der Waals surface area contributed by atoms with Gasteiger partial charge in [-0.25, -0.2) is 4.68 Å². The second-order valence-corrected chi connectivity index (χ2v) is 5.98. The summed E-state index contributed by atoms with van der Waals surface area (Å²) in [5, 5.41) is 11.3. The number of oxime groups is 1. The third kappa shape index (κ3) is 3.06. The molecule has 0 fully saturated rings. The summed E-state index contributed by atoms with van der Waals surface area (Å²) in [5.41, 5.74) is 3.38. The van der Waals surface area contributed by atoms with Gasteiger partial charge < -0.3 is 10.2 Å². The molecule has 0 saturated carbocycles.